The number of rotatable bonds is 12. The van der Waals surface area contributed by atoms with Crippen LogP contribution in [0.3, 0.4) is 0 Å². The van der Waals surface area contributed by atoms with E-state index in [-0.39, 0.29) is 52.3 Å². The molecule has 0 aromatic heterocycles. The molecule has 0 radical (unpaired) electrons. The third kappa shape index (κ3) is 8.22. The normalized spacial score (nSPS) is 11.7. The van der Waals surface area contributed by atoms with E-state index >= 15 is 0 Å². The first-order chi connectivity index (χ1) is 20.5. The van der Waals surface area contributed by atoms with Crippen LogP contribution in [-0.4, -0.2) is 38.3 Å². The fraction of sp³-hybridized carbons (Fsp3) is 0.188. The monoisotopic (exact) mass is 662 g/mol. The van der Waals surface area contributed by atoms with Crippen LogP contribution in [0.1, 0.15) is 27.9 Å². The van der Waals surface area contributed by atoms with E-state index in [0.717, 1.165) is 11.1 Å². The summed E-state index contributed by atoms with van der Waals surface area (Å²) in [7, 11) is -4.19. The number of carboxylic acid groups (broad SMARTS) is 1. The zero-order valence-corrected chi connectivity index (χ0v) is 27.6. The zero-order chi connectivity index (χ0) is 31.1. The second-order valence-electron chi connectivity index (χ2n) is 9.72. The van der Waals surface area contributed by atoms with Gasteiger partial charge in [0.15, 0.2) is 0 Å². The third-order valence-electron chi connectivity index (χ3n) is 6.82. The van der Waals surface area contributed by atoms with Crippen molar-refractivity contribution in [2.24, 2.45) is 0 Å². The number of nitrogens with one attached hydrogen (secondary N) is 1. The van der Waals surface area contributed by atoms with Crippen LogP contribution in [-0.2, 0) is 21.4 Å². The number of aliphatic carboxylic acids is 1. The molecule has 0 spiro atoms. The van der Waals surface area contributed by atoms with Crippen LogP contribution in [0.4, 0.5) is 5.69 Å². The van der Waals surface area contributed by atoms with Crippen molar-refractivity contribution in [3.63, 3.8) is 0 Å². The van der Waals surface area contributed by atoms with E-state index in [9.17, 15) is 23.1 Å². The van der Waals surface area contributed by atoms with Crippen LogP contribution in [0.25, 0.3) is 11.1 Å². The Kier molecular flexibility index (Phi) is 12.9. The average Bonchev–Trinajstić information content (AvgIpc) is 2.99. The number of sulfonamides is 1. The topological polar surface area (TPSA) is 107 Å². The maximum atomic E-state index is 14.0. The summed E-state index contributed by atoms with van der Waals surface area (Å²) in [6.07, 6.45) is 2.06. The number of hydrogen-bond donors (Lipinski definition) is 1. The van der Waals surface area contributed by atoms with Gasteiger partial charge in [0.2, 0.25) is 0 Å². The summed E-state index contributed by atoms with van der Waals surface area (Å²) in [6, 6.07) is 24.3. The first-order valence-corrected chi connectivity index (χ1v) is 16.8. The number of aryl methyl sites for hydroxylation is 1. The molecule has 12 heteroatoms. The molecule has 0 bridgehead atoms. The van der Waals surface area contributed by atoms with Crippen LogP contribution in [0, 0.1) is 6.92 Å². The van der Waals surface area contributed by atoms with E-state index in [4.69, 9.17) is 23.2 Å². The van der Waals surface area contributed by atoms with Gasteiger partial charge < -0.3 is 15.2 Å². The molecule has 0 aliphatic heterocycles. The van der Waals surface area contributed by atoms with Crippen LogP contribution in [0.5, 0.6) is 0 Å². The molecule has 1 N–H and O–H groups in total. The molecule has 224 valence electrons. The van der Waals surface area contributed by atoms with Crippen LogP contribution >= 0.6 is 35.0 Å². The van der Waals surface area contributed by atoms with E-state index in [0.29, 0.717) is 22.6 Å². The van der Waals surface area contributed by atoms with Gasteiger partial charge in [-0.25, -0.2) is 8.42 Å². The zero-order valence-electron chi connectivity index (χ0n) is 24.4. The first-order valence-electron chi connectivity index (χ1n) is 13.3. The third-order valence-corrected chi connectivity index (χ3v) is 10.2. The molecule has 44 heavy (non-hydrogen) atoms. The van der Waals surface area contributed by atoms with Crippen molar-refractivity contribution >= 4 is 62.6 Å². The molecule has 1 atom stereocenters. The predicted octanol–water partition coefficient (Wildman–Crippen LogP) is 2.97. The minimum absolute atomic E-state index is 0. The molecule has 0 unspecified atom stereocenters. The molecular formula is C32H29Cl2LiN2O5S2. The number of thioether (sulfide) groups is 1. The number of para-hydroxylation sites is 1. The molecule has 4 aromatic rings. The van der Waals surface area contributed by atoms with E-state index in [2.05, 4.69) is 5.32 Å². The van der Waals surface area contributed by atoms with E-state index in [1.807, 2.05) is 37.4 Å². The summed E-state index contributed by atoms with van der Waals surface area (Å²) in [4.78, 5) is 25.0. The fourth-order valence-corrected chi connectivity index (χ4v) is 7.25. The van der Waals surface area contributed by atoms with E-state index in [1.54, 1.807) is 48.5 Å². The average molecular weight is 664 g/mol. The van der Waals surface area contributed by atoms with Gasteiger partial charge in [-0.15, -0.1) is 0 Å². The number of carboxylic acids is 1. The van der Waals surface area contributed by atoms with Gasteiger partial charge >= 0.3 is 18.9 Å². The Hall–Kier alpha value is -2.90. The first kappa shape index (κ1) is 35.6. The molecule has 4 rings (SSSR count). The predicted molar refractivity (Wildman–Crippen MR) is 172 cm³/mol. The second-order valence-corrected chi connectivity index (χ2v) is 13.3. The molecule has 0 fully saturated rings. The molecule has 0 heterocycles. The summed E-state index contributed by atoms with van der Waals surface area (Å²) in [5.41, 5.74) is 3.39. The number of nitrogens with zero attached hydrogens (tertiary/aromatic N) is 1. The summed E-state index contributed by atoms with van der Waals surface area (Å²) in [5.74, 6) is -1.40. The number of carbonyl (C=O) groups excluding carboxylic acids is 2. The molecule has 0 saturated carbocycles. The van der Waals surface area contributed by atoms with Gasteiger partial charge in [0.05, 0.1) is 34.3 Å². The largest absolute Gasteiger partial charge is 1.00 e. The standard InChI is InChI=1S/C32H30Cl2N2O5S2.Li/c1-21-9-6-7-12-24(21)26-19-22(15-16-25(26)31(37)35-28(32(38)39)17-18-42-2)20-36(23-10-4-3-5-11-23)43(40,41)29-14-8-13-27(33)30(29)34;/h3-16,19,28H,17-18,20H2,1-2H3,(H,35,37)(H,38,39);/q;+1/p-1/t28-;/m0./s1. The second kappa shape index (κ2) is 15.9. The summed E-state index contributed by atoms with van der Waals surface area (Å²) < 4.78 is 29.3. The minimum atomic E-state index is -4.19. The van der Waals surface area contributed by atoms with Gasteiger partial charge in [0.25, 0.3) is 15.9 Å². The maximum absolute atomic E-state index is 14.0. The van der Waals surface area contributed by atoms with Gasteiger partial charge in [-0.2, -0.15) is 11.8 Å². The van der Waals surface area contributed by atoms with Crippen molar-refractivity contribution in [1.29, 1.82) is 0 Å². The van der Waals surface area contributed by atoms with Gasteiger partial charge in [-0.1, -0.05) is 77.8 Å². The molecular weight excluding hydrogens is 634 g/mol. The van der Waals surface area contributed by atoms with Crippen molar-refractivity contribution in [2.45, 2.75) is 30.8 Å². The summed E-state index contributed by atoms with van der Waals surface area (Å²) in [5, 5.41) is 14.4. The van der Waals surface area contributed by atoms with Crippen molar-refractivity contribution in [3.8, 4) is 11.1 Å². The van der Waals surface area contributed by atoms with Crippen LogP contribution in [0.2, 0.25) is 10.0 Å². The number of hydrogen-bond acceptors (Lipinski definition) is 6. The smallest absolute Gasteiger partial charge is 0.548 e. The summed E-state index contributed by atoms with van der Waals surface area (Å²) in [6.45, 7) is 1.80. The Morgan fingerprint density at radius 1 is 0.932 bits per heavy atom. The van der Waals surface area contributed by atoms with Crippen molar-refractivity contribution in [1.82, 2.24) is 5.32 Å². The van der Waals surface area contributed by atoms with Crippen LogP contribution in [0.15, 0.2) is 95.9 Å². The Bertz CT molecular complexity index is 1740. The van der Waals surface area contributed by atoms with Crippen molar-refractivity contribution < 1.29 is 42.0 Å². The number of carbonyl (C=O) groups is 2. The van der Waals surface area contributed by atoms with Crippen LogP contribution < -0.4 is 33.6 Å². The van der Waals surface area contributed by atoms with Gasteiger partial charge in [0.1, 0.15) is 4.90 Å². The molecule has 7 nitrogen and oxygen atoms in total. The Morgan fingerprint density at radius 2 is 1.61 bits per heavy atom. The number of amides is 1. The Morgan fingerprint density at radius 3 is 2.27 bits per heavy atom. The molecule has 4 aromatic carbocycles. The van der Waals surface area contributed by atoms with E-state index < -0.39 is 27.9 Å². The fourth-order valence-electron chi connectivity index (χ4n) is 4.58. The van der Waals surface area contributed by atoms with Crippen molar-refractivity contribution in [3.05, 3.63) is 118 Å². The quantitative estimate of drug-likeness (QED) is 0.234. The maximum Gasteiger partial charge on any atom is 1.00 e. The minimum Gasteiger partial charge on any atom is -0.548 e. The van der Waals surface area contributed by atoms with Gasteiger partial charge in [-0.3, -0.25) is 9.10 Å². The van der Waals surface area contributed by atoms with Gasteiger partial charge in [-0.05, 0) is 84.0 Å². The molecule has 0 aliphatic carbocycles. The number of benzene rings is 4. The Balaban J connectivity index is 0.00000529. The SMILES string of the molecule is CSCC[C@H](NC(=O)c1ccc(CN(c2ccccc2)S(=O)(=O)c2cccc(Cl)c2Cl)cc1-c1ccccc1C)C(=O)[O-].[Li+]. The van der Waals surface area contributed by atoms with Crippen molar-refractivity contribution in [2.75, 3.05) is 16.3 Å². The molecule has 0 saturated heterocycles. The number of halogens is 2. The summed E-state index contributed by atoms with van der Waals surface area (Å²) >= 11 is 14.0. The van der Waals surface area contributed by atoms with E-state index in [1.165, 1.54) is 34.3 Å². The van der Waals surface area contributed by atoms with Gasteiger partial charge in [0, 0.05) is 5.56 Å². The molecule has 1 amide bonds. The Labute approximate surface area is 284 Å². The number of anilines is 1. The molecule has 0 aliphatic rings.